The van der Waals surface area contributed by atoms with Gasteiger partial charge in [0.1, 0.15) is 0 Å². The first-order valence-electron chi connectivity index (χ1n) is 6.76. The van der Waals surface area contributed by atoms with Crippen LogP contribution in [-0.4, -0.2) is 37.0 Å². The van der Waals surface area contributed by atoms with Crippen molar-refractivity contribution in [1.82, 2.24) is 10.2 Å². The van der Waals surface area contributed by atoms with Gasteiger partial charge in [0, 0.05) is 19.5 Å². The molecule has 1 fully saturated rings. The van der Waals surface area contributed by atoms with Gasteiger partial charge < -0.3 is 10.2 Å². The van der Waals surface area contributed by atoms with E-state index in [-0.39, 0.29) is 0 Å². The summed E-state index contributed by atoms with van der Waals surface area (Å²) >= 11 is 0. The van der Waals surface area contributed by atoms with E-state index < -0.39 is 0 Å². The van der Waals surface area contributed by atoms with Gasteiger partial charge >= 0.3 is 0 Å². The van der Waals surface area contributed by atoms with Crippen LogP contribution in [0.3, 0.4) is 0 Å². The molecule has 1 heterocycles. The second-order valence-electron chi connectivity index (χ2n) is 4.78. The monoisotopic (exact) mass is 226 g/mol. The molecule has 0 radical (unpaired) electrons. The molecule has 94 valence electrons. The van der Waals surface area contributed by atoms with Crippen LogP contribution in [0.15, 0.2) is 0 Å². The van der Waals surface area contributed by atoms with Gasteiger partial charge in [-0.25, -0.2) is 0 Å². The lowest BCUT2D eigenvalue weighted by Gasteiger charge is -2.26. The predicted molar refractivity (Wildman–Crippen MR) is 67.4 cm³/mol. The molecule has 16 heavy (non-hydrogen) atoms. The Bertz CT molecular complexity index is 194. The molecule has 0 unspecified atom stereocenters. The van der Waals surface area contributed by atoms with E-state index in [1.165, 1.54) is 0 Å². The summed E-state index contributed by atoms with van der Waals surface area (Å²) < 4.78 is 0. The second-order valence-corrected chi connectivity index (χ2v) is 4.78. The van der Waals surface area contributed by atoms with Crippen molar-refractivity contribution < 1.29 is 4.79 Å². The standard InChI is InChI=1S/C13H26N2O/c1-3-9-15(10-4-2)13(16)11-12-5-7-14-8-6-12/h12,14H,3-11H2,1-2H3. The summed E-state index contributed by atoms with van der Waals surface area (Å²) in [5, 5.41) is 3.34. The smallest absolute Gasteiger partial charge is 0.222 e. The molecule has 1 N–H and O–H groups in total. The highest BCUT2D eigenvalue weighted by atomic mass is 16.2. The fourth-order valence-electron chi connectivity index (χ4n) is 2.36. The van der Waals surface area contributed by atoms with E-state index in [0.717, 1.165) is 58.3 Å². The van der Waals surface area contributed by atoms with Gasteiger partial charge in [0.25, 0.3) is 0 Å². The largest absolute Gasteiger partial charge is 0.343 e. The fourth-order valence-corrected chi connectivity index (χ4v) is 2.36. The summed E-state index contributed by atoms with van der Waals surface area (Å²) in [6.07, 6.45) is 5.23. The lowest BCUT2D eigenvalue weighted by molar-refractivity contribution is -0.132. The summed E-state index contributed by atoms with van der Waals surface area (Å²) in [7, 11) is 0. The van der Waals surface area contributed by atoms with Crippen LogP contribution in [0.2, 0.25) is 0 Å². The molecule has 0 bridgehead atoms. The first-order valence-corrected chi connectivity index (χ1v) is 6.76. The molecule has 1 aliphatic heterocycles. The van der Waals surface area contributed by atoms with Crippen LogP contribution in [-0.2, 0) is 4.79 Å². The Morgan fingerprint density at radius 3 is 2.25 bits per heavy atom. The van der Waals surface area contributed by atoms with Crippen LogP contribution >= 0.6 is 0 Å². The van der Waals surface area contributed by atoms with Gasteiger partial charge in [-0.15, -0.1) is 0 Å². The minimum Gasteiger partial charge on any atom is -0.343 e. The minimum atomic E-state index is 0.371. The third-order valence-corrected chi connectivity index (χ3v) is 3.26. The average molecular weight is 226 g/mol. The van der Waals surface area contributed by atoms with Crippen molar-refractivity contribution in [3.8, 4) is 0 Å². The number of rotatable bonds is 6. The summed E-state index contributed by atoms with van der Waals surface area (Å²) in [4.78, 5) is 14.1. The number of hydrogen-bond acceptors (Lipinski definition) is 2. The molecule has 0 aromatic rings. The van der Waals surface area contributed by atoms with Crippen molar-refractivity contribution in [3.05, 3.63) is 0 Å². The maximum atomic E-state index is 12.1. The molecule has 1 saturated heterocycles. The van der Waals surface area contributed by atoms with E-state index in [1.807, 2.05) is 4.90 Å². The highest BCUT2D eigenvalue weighted by Gasteiger charge is 2.19. The quantitative estimate of drug-likeness (QED) is 0.751. The number of piperidine rings is 1. The first kappa shape index (κ1) is 13.5. The summed E-state index contributed by atoms with van der Waals surface area (Å²) in [5.74, 6) is 0.987. The number of amides is 1. The maximum Gasteiger partial charge on any atom is 0.222 e. The number of carbonyl (C=O) groups is 1. The van der Waals surface area contributed by atoms with E-state index in [4.69, 9.17) is 0 Å². The zero-order valence-electron chi connectivity index (χ0n) is 10.8. The molecule has 0 spiro atoms. The SMILES string of the molecule is CCCN(CCC)C(=O)CC1CCNCC1. The van der Waals surface area contributed by atoms with Crippen molar-refractivity contribution >= 4 is 5.91 Å². The zero-order valence-corrected chi connectivity index (χ0v) is 10.8. The van der Waals surface area contributed by atoms with Crippen molar-refractivity contribution in [2.24, 2.45) is 5.92 Å². The Balaban J connectivity index is 2.34. The van der Waals surface area contributed by atoms with Gasteiger partial charge in [0.15, 0.2) is 0 Å². The van der Waals surface area contributed by atoms with Crippen molar-refractivity contribution in [3.63, 3.8) is 0 Å². The highest BCUT2D eigenvalue weighted by Crippen LogP contribution is 2.17. The molecule has 0 saturated carbocycles. The van der Waals surface area contributed by atoms with E-state index in [0.29, 0.717) is 11.8 Å². The van der Waals surface area contributed by atoms with Crippen molar-refractivity contribution in [2.45, 2.75) is 46.0 Å². The van der Waals surface area contributed by atoms with Gasteiger partial charge in [0.05, 0.1) is 0 Å². The van der Waals surface area contributed by atoms with Crippen LogP contribution in [0.25, 0.3) is 0 Å². The Labute approximate surface area is 99.6 Å². The van der Waals surface area contributed by atoms with E-state index >= 15 is 0 Å². The molecule has 0 aliphatic carbocycles. The first-order chi connectivity index (χ1) is 7.77. The summed E-state index contributed by atoms with van der Waals surface area (Å²) in [6, 6.07) is 0. The third kappa shape index (κ3) is 4.52. The van der Waals surface area contributed by atoms with Gasteiger partial charge in [-0.1, -0.05) is 13.8 Å². The molecule has 3 nitrogen and oxygen atoms in total. The Morgan fingerprint density at radius 1 is 1.19 bits per heavy atom. The van der Waals surface area contributed by atoms with Crippen molar-refractivity contribution in [2.75, 3.05) is 26.2 Å². The molecule has 1 amide bonds. The summed E-state index contributed by atoms with van der Waals surface area (Å²) in [5.41, 5.74) is 0. The van der Waals surface area contributed by atoms with Gasteiger partial charge in [0.2, 0.25) is 5.91 Å². The van der Waals surface area contributed by atoms with Gasteiger partial charge in [-0.3, -0.25) is 4.79 Å². The molecular formula is C13H26N2O. The lowest BCUT2D eigenvalue weighted by atomic mass is 9.94. The van der Waals surface area contributed by atoms with E-state index in [9.17, 15) is 4.79 Å². The Kier molecular flexibility index (Phi) is 6.46. The van der Waals surface area contributed by atoms with Crippen molar-refractivity contribution in [1.29, 1.82) is 0 Å². The number of hydrogen-bond donors (Lipinski definition) is 1. The number of nitrogens with one attached hydrogen (secondary N) is 1. The van der Waals surface area contributed by atoms with Crippen LogP contribution in [0.5, 0.6) is 0 Å². The third-order valence-electron chi connectivity index (χ3n) is 3.26. The van der Waals surface area contributed by atoms with Crippen LogP contribution in [0.1, 0.15) is 46.0 Å². The second kappa shape index (κ2) is 7.66. The fraction of sp³-hybridized carbons (Fsp3) is 0.923. The molecule has 0 aromatic carbocycles. The molecule has 1 aliphatic rings. The molecule has 1 rings (SSSR count). The molecule has 0 atom stereocenters. The topological polar surface area (TPSA) is 32.3 Å². The van der Waals surface area contributed by atoms with Crippen LogP contribution in [0, 0.1) is 5.92 Å². The highest BCUT2D eigenvalue weighted by molar-refractivity contribution is 5.76. The van der Waals surface area contributed by atoms with E-state index in [1.54, 1.807) is 0 Å². The molecule has 3 heteroatoms. The summed E-state index contributed by atoms with van der Waals surface area (Å²) in [6.45, 7) is 8.30. The maximum absolute atomic E-state index is 12.1. The van der Waals surface area contributed by atoms with Gasteiger partial charge in [-0.05, 0) is 44.7 Å². The predicted octanol–water partition coefficient (Wildman–Crippen LogP) is 2.02. The van der Waals surface area contributed by atoms with Crippen LogP contribution in [0.4, 0.5) is 0 Å². The average Bonchev–Trinajstić information content (AvgIpc) is 2.30. The number of nitrogens with zero attached hydrogens (tertiary/aromatic N) is 1. The Morgan fingerprint density at radius 2 is 1.75 bits per heavy atom. The minimum absolute atomic E-state index is 0.371. The molecule has 0 aromatic heterocycles. The van der Waals surface area contributed by atoms with Gasteiger partial charge in [-0.2, -0.15) is 0 Å². The molecular weight excluding hydrogens is 200 g/mol. The number of carbonyl (C=O) groups excluding carboxylic acids is 1. The Hall–Kier alpha value is -0.570. The van der Waals surface area contributed by atoms with E-state index in [2.05, 4.69) is 19.2 Å². The zero-order chi connectivity index (χ0) is 11.8. The normalized spacial score (nSPS) is 17.4. The lowest BCUT2D eigenvalue weighted by Crippen LogP contribution is -2.36. The van der Waals surface area contributed by atoms with Crippen LogP contribution < -0.4 is 5.32 Å².